The van der Waals surface area contributed by atoms with Crippen LogP contribution in [-0.2, 0) is 16.0 Å². The first-order chi connectivity index (χ1) is 12.5. The molecule has 0 aliphatic carbocycles. The fourth-order valence-corrected chi connectivity index (χ4v) is 3.78. The molecule has 1 aliphatic heterocycles. The van der Waals surface area contributed by atoms with Gasteiger partial charge in [-0.15, -0.1) is 0 Å². The lowest BCUT2D eigenvalue weighted by molar-refractivity contribution is -0.133. The predicted molar refractivity (Wildman–Crippen MR) is 103 cm³/mol. The van der Waals surface area contributed by atoms with E-state index in [9.17, 15) is 9.59 Å². The summed E-state index contributed by atoms with van der Waals surface area (Å²) in [6.45, 7) is 4.14. The normalized spacial score (nSPS) is 17.3. The molecule has 0 aromatic heterocycles. The quantitative estimate of drug-likeness (QED) is 0.882. The molecular formula is C21H23ClN2O2. The first-order valence-corrected chi connectivity index (χ1v) is 9.23. The Morgan fingerprint density at radius 3 is 2.73 bits per heavy atom. The fourth-order valence-electron chi connectivity index (χ4n) is 3.58. The molecule has 2 aromatic carbocycles. The molecule has 2 unspecified atom stereocenters. The maximum absolute atomic E-state index is 12.7. The van der Waals surface area contributed by atoms with Gasteiger partial charge in [0.15, 0.2) is 0 Å². The Hall–Kier alpha value is -2.33. The molecule has 3 rings (SSSR count). The average molecular weight is 371 g/mol. The van der Waals surface area contributed by atoms with E-state index in [1.807, 2.05) is 49.4 Å². The van der Waals surface area contributed by atoms with E-state index in [2.05, 4.69) is 11.4 Å². The van der Waals surface area contributed by atoms with E-state index in [0.717, 1.165) is 17.5 Å². The molecule has 4 nitrogen and oxygen atoms in total. The number of nitrogens with one attached hydrogen (secondary N) is 1. The van der Waals surface area contributed by atoms with Crippen molar-refractivity contribution in [2.24, 2.45) is 0 Å². The number of carbonyl (C=O) groups is 2. The molecule has 0 bridgehead atoms. The summed E-state index contributed by atoms with van der Waals surface area (Å²) in [4.78, 5) is 26.5. The lowest BCUT2D eigenvalue weighted by atomic mass is 9.90. The third kappa shape index (κ3) is 4.07. The Kier molecular flexibility index (Phi) is 5.62. The molecule has 136 valence electrons. The van der Waals surface area contributed by atoms with Gasteiger partial charge < -0.3 is 10.2 Å². The number of halogens is 1. The number of fused-ring (bicyclic) bond motifs is 1. The summed E-state index contributed by atoms with van der Waals surface area (Å²) in [6, 6.07) is 15.2. The molecule has 0 saturated heterocycles. The topological polar surface area (TPSA) is 49.4 Å². The first kappa shape index (κ1) is 18.5. The number of benzene rings is 2. The molecule has 1 aliphatic rings. The van der Waals surface area contributed by atoms with Crippen LogP contribution in [-0.4, -0.2) is 23.3 Å². The smallest absolute Gasteiger partial charge is 0.222 e. The van der Waals surface area contributed by atoms with Crippen LogP contribution in [0.15, 0.2) is 48.5 Å². The number of hydrogen-bond donors (Lipinski definition) is 1. The zero-order chi connectivity index (χ0) is 18.7. The predicted octanol–water partition coefficient (Wildman–Crippen LogP) is 4.05. The summed E-state index contributed by atoms with van der Waals surface area (Å²) in [7, 11) is 0. The number of carbonyl (C=O) groups excluding carboxylic acids is 2. The van der Waals surface area contributed by atoms with Crippen LogP contribution in [0.5, 0.6) is 0 Å². The van der Waals surface area contributed by atoms with Crippen molar-refractivity contribution >= 4 is 23.4 Å². The summed E-state index contributed by atoms with van der Waals surface area (Å²) in [5.41, 5.74) is 3.24. The summed E-state index contributed by atoms with van der Waals surface area (Å²) >= 11 is 6.03. The summed E-state index contributed by atoms with van der Waals surface area (Å²) in [5, 5.41) is 3.67. The van der Waals surface area contributed by atoms with Gasteiger partial charge in [0.1, 0.15) is 0 Å². The minimum Gasteiger partial charge on any atom is -0.350 e. The van der Waals surface area contributed by atoms with Gasteiger partial charge >= 0.3 is 0 Å². The number of nitrogens with zero attached hydrogens (tertiary/aromatic N) is 1. The third-order valence-corrected chi connectivity index (χ3v) is 5.16. The second kappa shape index (κ2) is 7.92. The van der Waals surface area contributed by atoms with E-state index in [0.29, 0.717) is 11.6 Å². The average Bonchev–Trinajstić information content (AvgIpc) is 2.61. The van der Waals surface area contributed by atoms with Gasteiger partial charge in [0.25, 0.3) is 0 Å². The summed E-state index contributed by atoms with van der Waals surface area (Å²) in [5.74, 6) is -0.0781. The second-order valence-corrected chi connectivity index (χ2v) is 7.16. The number of amides is 2. The molecule has 1 N–H and O–H groups in total. The monoisotopic (exact) mass is 370 g/mol. The lowest BCUT2D eigenvalue weighted by Crippen LogP contribution is -2.41. The molecule has 0 spiro atoms. The summed E-state index contributed by atoms with van der Waals surface area (Å²) < 4.78 is 0. The van der Waals surface area contributed by atoms with Crippen molar-refractivity contribution in [1.29, 1.82) is 0 Å². The highest BCUT2D eigenvalue weighted by Gasteiger charge is 2.30. The minimum atomic E-state index is -0.219. The van der Waals surface area contributed by atoms with Crippen LogP contribution in [0.1, 0.15) is 49.0 Å². The van der Waals surface area contributed by atoms with Crippen LogP contribution < -0.4 is 5.32 Å². The van der Waals surface area contributed by atoms with E-state index >= 15 is 0 Å². The Bertz CT molecular complexity index is 821. The van der Waals surface area contributed by atoms with Crippen LogP contribution in [0.2, 0.25) is 5.02 Å². The van der Waals surface area contributed by atoms with E-state index < -0.39 is 0 Å². The van der Waals surface area contributed by atoms with Crippen molar-refractivity contribution in [3.63, 3.8) is 0 Å². The van der Waals surface area contributed by atoms with Crippen LogP contribution in [0.25, 0.3) is 0 Å². The highest BCUT2D eigenvalue weighted by molar-refractivity contribution is 6.30. The molecule has 0 fully saturated rings. The van der Waals surface area contributed by atoms with Crippen molar-refractivity contribution in [2.45, 2.75) is 38.8 Å². The maximum Gasteiger partial charge on any atom is 0.222 e. The highest BCUT2D eigenvalue weighted by Crippen LogP contribution is 2.32. The van der Waals surface area contributed by atoms with Crippen LogP contribution >= 0.6 is 11.6 Å². The Morgan fingerprint density at radius 1 is 1.23 bits per heavy atom. The van der Waals surface area contributed by atoms with E-state index in [1.54, 1.807) is 11.8 Å². The summed E-state index contributed by atoms with van der Waals surface area (Å²) in [6.07, 6.45) is 1.08. The molecule has 0 saturated carbocycles. The van der Waals surface area contributed by atoms with Crippen LogP contribution in [0.3, 0.4) is 0 Å². The van der Waals surface area contributed by atoms with Gasteiger partial charge in [0, 0.05) is 18.5 Å². The fraction of sp³-hybridized carbons (Fsp3) is 0.333. The van der Waals surface area contributed by atoms with Crippen molar-refractivity contribution in [2.75, 3.05) is 6.54 Å². The van der Waals surface area contributed by atoms with Gasteiger partial charge in [-0.05, 0) is 42.2 Å². The lowest BCUT2D eigenvalue weighted by Gasteiger charge is -2.36. The molecule has 1 heterocycles. The largest absolute Gasteiger partial charge is 0.350 e. The number of rotatable bonds is 4. The highest BCUT2D eigenvalue weighted by atomic mass is 35.5. The van der Waals surface area contributed by atoms with Gasteiger partial charge in [0.2, 0.25) is 11.8 Å². The molecular weight excluding hydrogens is 348 g/mol. The Labute approximate surface area is 159 Å². The zero-order valence-corrected chi connectivity index (χ0v) is 15.8. The molecule has 5 heteroatoms. The van der Waals surface area contributed by atoms with Crippen molar-refractivity contribution in [3.05, 3.63) is 70.2 Å². The molecule has 2 aromatic rings. The van der Waals surface area contributed by atoms with Gasteiger partial charge in [-0.2, -0.15) is 0 Å². The SMILES string of the molecule is CC(=O)N1CCc2ccccc2C1CC(=O)NC(C)c1cccc(Cl)c1. The van der Waals surface area contributed by atoms with E-state index in [1.165, 1.54) is 5.56 Å². The Morgan fingerprint density at radius 2 is 2.00 bits per heavy atom. The van der Waals surface area contributed by atoms with E-state index in [-0.39, 0.29) is 30.3 Å². The minimum absolute atomic E-state index is 0.000178. The van der Waals surface area contributed by atoms with Gasteiger partial charge in [-0.3, -0.25) is 9.59 Å². The van der Waals surface area contributed by atoms with Crippen LogP contribution in [0.4, 0.5) is 0 Å². The zero-order valence-electron chi connectivity index (χ0n) is 15.0. The van der Waals surface area contributed by atoms with Gasteiger partial charge in [-0.25, -0.2) is 0 Å². The van der Waals surface area contributed by atoms with Gasteiger partial charge in [-0.1, -0.05) is 48.0 Å². The maximum atomic E-state index is 12.7. The van der Waals surface area contributed by atoms with Crippen molar-refractivity contribution in [3.8, 4) is 0 Å². The Balaban J connectivity index is 1.75. The third-order valence-electron chi connectivity index (χ3n) is 4.92. The molecule has 2 amide bonds. The standard InChI is InChI=1S/C21H23ClN2O2/c1-14(17-7-5-8-18(22)12-17)23-21(26)13-20-19-9-4-3-6-16(19)10-11-24(20)15(2)25/h3-9,12,14,20H,10-11,13H2,1-2H3,(H,23,26). The first-order valence-electron chi connectivity index (χ1n) is 8.85. The molecule has 0 radical (unpaired) electrons. The number of hydrogen-bond acceptors (Lipinski definition) is 2. The van der Waals surface area contributed by atoms with Gasteiger partial charge in [0.05, 0.1) is 18.5 Å². The van der Waals surface area contributed by atoms with Crippen LogP contribution in [0, 0.1) is 0 Å². The van der Waals surface area contributed by atoms with Crippen molar-refractivity contribution < 1.29 is 9.59 Å². The molecule has 26 heavy (non-hydrogen) atoms. The second-order valence-electron chi connectivity index (χ2n) is 6.73. The molecule has 2 atom stereocenters. The van der Waals surface area contributed by atoms with Crippen molar-refractivity contribution in [1.82, 2.24) is 10.2 Å². The van der Waals surface area contributed by atoms with E-state index in [4.69, 9.17) is 11.6 Å².